The summed E-state index contributed by atoms with van der Waals surface area (Å²) in [5.74, 6) is -1.10. The highest BCUT2D eigenvalue weighted by molar-refractivity contribution is 5.96. The molecule has 3 aromatic rings. The van der Waals surface area contributed by atoms with Gasteiger partial charge in [-0.25, -0.2) is 4.98 Å². The van der Waals surface area contributed by atoms with Gasteiger partial charge in [-0.1, -0.05) is 30.3 Å². The van der Waals surface area contributed by atoms with Crippen LogP contribution in [0.3, 0.4) is 0 Å². The van der Waals surface area contributed by atoms with Crippen molar-refractivity contribution in [3.8, 4) is 0 Å². The minimum absolute atomic E-state index is 0.0891. The number of nitrogens with one attached hydrogen (secondary N) is 1. The van der Waals surface area contributed by atoms with Gasteiger partial charge in [-0.2, -0.15) is 13.2 Å². The number of fused-ring (bicyclic) bond motifs is 3. The number of imidazole rings is 1. The van der Waals surface area contributed by atoms with Gasteiger partial charge in [0.15, 0.2) is 0 Å². The number of alkyl halides is 3. The van der Waals surface area contributed by atoms with Crippen molar-refractivity contribution < 1.29 is 18.0 Å². The van der Waals surface area contributed by atoms with E-state index in [2.05, 4.69) is 26.6 Å². The molecule has 0 saturated heterocycles. The lowest BCUT2D eigenvalue weighted by Gasteiger charge is -2.27. The van der Waals surface area contributed by atoms with Crippen molar-refractivity contribution in [1.29, 1.82) is 0 Å². The molecule has 2 heterocycles. The predicted octanol–water partition coefficient (Wildman–Crippen LogP) is 3.60. The van der Waals surface area contributed by atoms with Crippen molar-refractivity contribution in [1.82, 2.24) is 14.5 Å². The summed E-state index contributed by atoms with van der Waals surface area (Å²) in [6.45, 7) is 3.26. The lowest BCUT2D eigenvalue weighted by molar-refractivity contribution is -0.167. The van der Waals surface area contributed by atoms with E-state index in [0.29, 0.717) is 12.1 Å². The average Bonchev–Trinajstić information content (AvgIpc) is 3.03. The molecule has 0 saturated carbocycles. The number of hydrogen-bond donors (Lipinski definition) is 1. The minimum Gasteiger partial charge on any atom is -0.326 e. The van der Waals surface area contributed by atoms with Crippen LogP contribution in [0.15, 0.2) is 48.5 Å². The van der Waals surface area contributed by atoms with Gasteiger partial charge in [0.1, 0.15) is 5.82 Å². The van der Waals surface area contributed by atoms with E-state index in [9.17, 15) is 18.0 Å². The minimum atomic E-state index is -4.92. The highest BCUT2D eigenvalue weighted by Crippen LogP contribution is 2.25. The quantitative estimate of drug-likeness (QED) is 0.743. The highest BCUT2D eigenvalue weighted by Gasteiger charge is 2.38. The Hall–Kier alpha value is -2.87. The first-order chi connectivity index (χ1) is 13.4. The van der Waals surface area contributed by atoms with Gasteiger partial charge in [-0.15, -0.1) is 0 Å². The van der Waals surface area contributed by atoms with Gasteiger partial charge in [0.05, 0.1) is 17.6 Å². The normalized spacial score (nSPS) is 14.8. The fourth-order valence-electron chi connectivity index (χ4n) is 3.47. The smallest absolute Gasteiger partial charge is 0.326 e. The summed E-state index contributed by atoms with van der Waals surface area (Å²) in [5, 5.41) is 1.88. The zero-order chi connectivity index (χ0) is 19.7. The molecule has 1 N–H and O–H groups in total. The number of nitrogens with zero attached hydrogens (tertiary/aromatic N) is 3. The molecule has 0 bridgehead atoms. The molecular formula is C20H19F3N4O. The van der Waals surface area contributed by atoms with Crippen molar-refractivity contribution in [3.63, 3.8) is 0 Å². The molecule has 0 aliphatic carbocycles. The summed E-state index contributed by atoms with van der Waals surface area (Å²) in [6, 6.07) is 14.9. The maximum atomic E-state index is 12.4. The lowest BCUT2D eigenvalue weighted by atomic mass is 10.1. The molecule has 0 atom stereocenters. The molecule has 4 rings (SSSR count). The first kappa shape index (κ1) is 18.5. The van der Waals surface area contributed by atoms with Crippen LogP contribution in [0.1, 0.15) is 11.4 Å². The summed E-state index contributed by atoms with van der Waals surface area (Å²) in [4.78, 5) is 18.0. The monoisotopic (exact) mass is 388 g/mol. The summed E-state index contributed by atoms with van der Waals surface area (Å²) in [6.07, 6.45) is -3.96. The fraction of sp³-hybridized carbons (Fsp3) is 0.300. The number of halogens is 3. The summed E-state index contributed by atoms with van der Waals surface area (Å²) in [7, 11) is 0. The lowest BCUT2D eigenvalue weighted by Crippen LogP contribution is -2.35. The fourth-order valence-corrected chi connectivity index (χ4v) is 3.47. The Labute approximate surface area is 159 Å². The van der Waals surface area contributed by atoms with Crippen LogP contribution in [0.4, 0.5) is 18.9 Å². The van der Waals surface area contributed by atoms with Gasteiger partial charge in [-0.05, 0) is 30.2 Å². The molecule has 8 heteroatoms. The van der Waals surface area contributed by atoms with Crippen LogP contribution in [-0.2, 0) is 24.3 Å². The Morgan fingerprint density at radius 3 is 2.64 bits per heavy atom. The molecule has 1 aromatic heterocycles. The van der Waals surface area contributed by atoms with Crippen molar-refractivity contribution >= 4 is 22.6 Å². The van der Waals surface area contributed by atoms with E-state index in [-0.39, 0.29) is 5.69 Å². The molecule has 0 unspecified atom stereocenters. The van der Waals surface area contributed by atoms with Crippen LogP contribution >= 0.6 is 0 Å². The number of amides is 1. The van der Waals surface area contributed by atoms with Gasteiger partial charge in [0, 0.05) is 25.3 Å². The van der Waals surface area contributed by atoms with Crippen LogP contribution in [0, 0.1) is 0 Å². The van der Waals surface area contributed by atoms with Gasteiger partial charge in [0.2, 0.25) is 0 Å². The summed E-state index contributed by atoms with van der Waals surface area (Å²) in [5.41, 5.74) is 2.82. The summed E-state index contributed by atoms with van der Waals surface area (Å²) < 4.78 is 39.4. The second-order valence-corrected chi connectivity index (χ2v) is 6.85. The van der Waals surface area contributed by atoms with Gasteiger partial charge in [0.25, 0.3) is 0 Å². The first-order valence-electron chi connectivity index (χ1n) is 9.04. The number of anilines is 1. The second-order valence-electron chi connectivity index (χ2n) is 6.85. The zero-order valence-corrected chi connectivity index (χ0v) is 15.0. The summed E-state index contributed by atoms with van der Waals surface area (Å²) >= 11 is 0. The molecule has 146 valence electrons. The molecule has 0 fully saturated rings. The van der Waals surface area contributed by atoms with Crippen molar-refractivity contribution in [3.05, 3.63) is 59.9 Å². The Morgan fingerprint density at radius 1 is 1.11 bits per heavy atom. The number of rotatable bonds is 4. The molecule has 1 aliphatic heterocycles. The molecule has 1 amide bonds. The molecule has 28 heavy (non-hydrogen) atoms. The number of hydrogen-bond acceptors (Lipinski definition) is 3. The number of aromatic nitrogens is 2. The Kier molecular flexibility index (Phi) is 4.80. The van der Waals surface area contributed by atoms with E-state index in [1.165, 1.54) is 17.7 Å². The molecular weight excluding hydrogens is 369 g/mol. The third-order valence-corrected chi connectivity index (χ3v) is 4.91. The Morgan fingerprint density at radius 2 is 1.89 bits per heavy atom. The van der Waals surface area contributed by atoms with Crippen LogP contribution in [0.5, 0.6) is 0 Å². The van der Waals surface area contributed by atoms with E-state index >= 15 is 0 Å². The van der Waals surface area contributed by atoms with Crippen LogP contribution in [0.2, 0.25) is 0 Å². The van der Waals surface area contributed by atoms with E-state index in [4.69, 9.17) is 0 Å². The van der Waals surface area contributed by atoms with E-state index in [1.54, 1.807) is 6.07 Å². The number of carbonyl (C=O) groups excluding carboxylic acids is 1. The Bertz CT molecular complexity index is 998. The molecule has 2 aromatic carbocycles. The van der Waals surface area contributed by atoms with Gasteiger partial charge >= 0.3 is 12.1 Å². The second kappa shape index (κ2) is 7.27. The van der Waals surface area contributed by atoms with Crippen LogP contribution in [-0.4, -0.2) is 39.6 Å². The van der Waals surface area contributed by atoms with E-state index < -0.39 is 12.1 Å². The highest BCUT2D eigenvalue weighted by atomic mass is 19.4. The van der Waals surface area contributed by atoms with Crippen molar-refractivity contribution in [2.75, 3.05) is 18.4 Å². The number of benzene rings is 2. The maximum Gasteiger partial charge on any atom is 0.471 e. The van der Waals surface area contributed by atoms with E-state index in [1.807, 2.05) is 23.5 Å². The molecule has 1 aliphatic rings. The molecule has 0 radical (unpaired) electrons. The zero-order valence-electron chi connectivity index (χ0n) is 15.0. The maximum absolute atomic E-state index is 12.4. The van der Waals surface area contributed by atoms with E-state index in [0.717, 1.165) is 37.4 Å². The topological polar surface area (TPSA) is 50.2 Å². The third kappa shape index (κ3) is 3.87. The predicted molar refractivity (Wildman–Crippen MR) is 99.8 cm³/mol. The van der Waals surface area contributed by atoms with Gasteiger partial charge < -0.3 is 9.88 Å². The first-order valence-corrected chi connectivity index (χ1v) is 9.04. The molecule has 5 nitrogen and oxygen atoms in total. The average molecular weight is 388 g/mol. The van der Waals surface area contributed by atoms with Crippen molar-refractivity contribution in [2.45, 2.75) is 25.7 Å². The largest absolute Gasteiger partial charge is 0.471 e. The number of carbonyl (C=O) groups is 1. The third-order valence-electron chi connectivity index (χ3n) is 4.91. The standard InChI is InChI=1S/C20H19F3N4O/c21-20(22,23)19(28)24-15-6-7-17-16(12-15)25-18-13-26(10-11-27(17)18)9-8-14-4-2-1-3-5-14/h1-7,12H,8-11,13H2,(H,24,28). The molecule has 0 spiro atoms. The van der Waals surface area contributed by atoms with Crippen molar-refractivity contribution in [2.24, 2.45) is 0 Å². The van der Waals surface area contributed by atoms with Gasteiger partial charge in [-0.3, -0.25) is 9.69 Å². The van der Waals surface area contributed by atoms with Crippen LogP contribution < -0.4 is 5.32 Å². The SMILES string of the molecule is O=C(Nc1ccc2c(c1)nc1n2CCN(CCc2ccccc2)C1)C(F)(F)F. The van der Waals surface area contributed by atoms with Crippen LogP contribution in [0.25, 0.3) is 11.0 Å². The Balaban J connectivity index is 1.47.